The second kappa shape index (κ2) is 10.1. The molecule has 2 radical (unpaired) electrons. The zero-order valence-corrected chi connectivity index (χ0v) is 23.8. The Hall–Kier alpha value is -3.41. The number of anilines is 1. The Labute approximate surface area is 238 Å². The van der Waals surface area contributed by atoms with Crippen molar-refractivity contribution in [2.24, 2.45) is 0 Å². The van der Waals surface area contributed by atoms with Crippen LogP contribution in [0.5, 0.6) is 11.8 Å². The van der Waals surface area contributed by atoms with Crippen molar-refractivity contribution < 1.29 is 23.7 Å². The maximum absolute atomic E-state index is 16.6. The van der Waals surface area contributed by atoms with E-state index in [9.17, 15) is 14.6 Å². The van der Waals surface area contributed by atoms with Crippen LogP contribution in [0, 0.1) is 5.82 Å². The van der Waals surface area contributed by atoms with Crippen LogP contribution < -0.4 is 9.64 Å². The third-order valence-electron chi connectivity index (χ3n) is 8.77. The van der Waals surface area contributed by atoms with Crippen molar-refractivity contribution in [2.45, 2.75) is 50.0 Å². The topological polar surface area (TPSA) is 94.8 Å². The molecule has 2 aromatic carbocycles. The molecular weight excluding hydrogens is 544 g/mol. The van der Waals surface area contributed by atoms with Gasteiger partial charge in [0.05, 0.1) is 16.7 Å². The average molecular weight is 576 g/mol. The molecule has 0 bridgehead atoms. The predicted octanol–water partition coefficient (Wildman–Crippen LogP) is 4.01. The molecule has 0 spiro atoms. The predicted molar refractivity (Wildman–Crippen MR) is 154 cm³/mol. The summed E-state index contributed by atoms with van der Waals surface area (Å²) in [7, 11) is 0.306. The number of aromatic hydroxyl groups is 1. The third kappa shape index (κ3) is 4.50. The Morgan fingerprint density at radius 2 is 2.10 bits per heavy atom. The van der Waals surface area contributed by atoms with Crippen LogP contribution in [0.4, 0.5) is 14.6 Å². The van der Waals surface area contributed by atoms with E-state index in [1.807, 2.05) is 30.0 Å². The SMILES string of the molecule is CCc1cccc2cc(O)cc(-c3ncc4c(N5C[Si][C@@H](O)C5)nc(OC[C@@]56CCCN5C[C@H](F)C6)nc4c3F)c12. The Morgan fingerprint density at radius 1 is 1.22 bits per heavy atom. The minimum absolute atomic E-state index is 0.0181. The van der Waals surface area contributed by atoms with Gasteiger partial charge in [-0.25, -0.2) is 8.78 Å². The van der Waals surface area contributed by atoms with E-state index >= 15 is 4.39 Å². The van der Waals surface area contributed by atoms with Gasteiger partial charge in [0.2, 0.25) is 0 Å². The number of aryl methyl sites for hydroxylation is 1. The van der Waals surface area contributed by atoms with Gasteiger partial charge in [-0.05, 0) is 54.3 Å². The lowest BCUT2D eigenvalue weighted by Crippen LogP contribution is -2.43. The van der Waals surface area contributed by atoms with Gasteiger partial charge in [0.25, 0.3) is 0 Å². The molecule has 3 fully saturated rings. The van der Waals surface area contributed by atoms with E-state index in [0.29, 0.717) is 52.0 Å². The minimum Gasteiger partial charge on any atom is -0.508 e. The number of ether oxygens (including phenoxy) is 1. The molecule has 11 heteroatoms. The van der Waals surface area contributed by atoms with Crippen LogP contribution in [0.25, 0.3) is 32.9 Å². The normalized spacial score (nSPS) is 24.5. The Balaban J connectivity index is 1.36. The summed E-state index contributed by atoms with van der Waals surface area (Å²) in [6.07, 6.45) is 4.19. The number of fused-ring (bicyclic) bond motifs is 3. The molecule has 0 saturated carbocycles. The molecule has 5 heterocycles. The molecule has 0 amide bonds. The molecule has 3 aliphatic heterocycles. The van der Waals surface area contributed by atoms with Crippen LogP contribution >= 0.6 is 0 Å². The van der Waals surface area contributed by atoms with E-state index in [-0.39, 0.29) is 29.6 Å². The summed E-state index contributed by atoms with van der Waals surface area (Å²) in [5, 5.41) is 22.8. The highest BCUT2D eigenvalue weighted by Gasteiger charge is 2.49. The number of phenolic OH excluding ortho intramolecular Hbond substituents is 1. The standard InChI is InChI=1S/C30H31F2N5O3Si/c1-2-17-5-3-6-18-9-20(38)10-21(24(17)18)26-25(32)27-22(12-33-26)28(36-14-23(39)41-16-36)35-29(34-27)40-15-30-7-4-8-37(30)13-19(31)11-30/h3,5-6,9-10,12,19,23,38-39H,2,4,7-8,11,13-16H2,1H3/t19-,23-,30+/m1/s1. The van der Waals surface area contributed by atoms with Crippen LogP contribution in [0.15, 0.2) is 36.5 Å². The van der Waals surface area contributed by atoms with E-state index in [2.05, 4.69) is 19.9 Å². The lowest BCUT2D eigenvalue weighted by Gasteiger charge is -2.31. The van der Waals surface area contributed by atoms with Crippen molar-refractivity contribution in [3.05, 3.63) is 47.9 Å². The summed E-state index contributed by atoms with van der Waals surface area (Å²) >= 11 is 0. The van der Waals surface area contributed by atoms with E-state index in [4.69, 9.17) is 4.74 Å². The zero-order chi connectivity index (χ0) is 28.3. The molecule has 3 saturated heterocycles. The lowest BCUT2D eigenvalue weighted by molar-refractivity contribution is 0.107. The average Bonchev–Trinajstić information content (AvgIpc) is 3.64. The Morgan fingerprint density at radius 3 is 2.90 bits per heavy atom. The van der Waals surface area contributed by atoms with E-state index < -0.39 is 23.3 Å². The highest BCUT2D eigenvalue weighted by molar-refractivity contribution is 6.40. The number of hydrogen-bond acceptors (Lipinski definition) is 8. The van der Waals surface area contributed by atoms with Crippen molar-refractivity contribution in [2.75, 3.05) is 37.3 Å². The Bertz CT molecular complexity index is 1660. The highest BCUT2D eigenvalue weighted by Crippen LogP contribution is 2.41. The quantitative estimate of drug-likeness (QED) is 0.333. The van der Waals surface area contributed by atoms with Gasteiger partial charge in [0.1, 0.15) is 45.1 Å². The molecule has 2 N–H and O–H groups in total. The molecule has 3 aliphatic rings. The highest BCUT2D eigenvalue weighted by atomic mass is 28.2. The first-order chi connectivity index (χ1) is 19.8. The maximum atomic E-state index is 16.6. The van der Waals surface area contributed by atoms with Crippen molar-refractivity contribution >= 4 is 37.0 Å². The fourth-order valence-electron chi connectivity index (χ4n) is 6.85. The lowest BCUT2D eigenvalue weighted by atomic mass is 9.95. The van der Waals surface area contributed by atoms with Crippen molar-refractivity contribution in [1.29, 1.82) is 0 Å². The zero-order valence-electron chi connectivity index (χ0n) is 22.8. The second-order valence-corrected chi connectivity index (χ2v) is 12.7. The van der Waals surface area contributed by atoms with Gasteiger partial charge in [-0.1, -0.05) is 25.1 Å². The first kappa shape index (κ1) is 26.5. The van der Waals surface area contributed by atoms with Gasteiger partial charge in [0.15, 0.2) is 5.82 Å². The number of pyridine rings is 1. The monoisotopic (exact) mass is 575 g/mol. The third-order valence-corrected chi connectivity index (χ3v) is 9.99. The van der Waals surface area contributed by atoms with Gasteiger partial charge in [-0.3, -0.25) is 9.88 Å². The molecule has 4 aromatic rings. The van der Waals surface area contributed by atoms with E-state index in [1.54, 1.807) is 12.3 Å². The molecule has 3 atom stereocenters. The van der Waals surface area contributed by atoms with Crippen LogP contribution in [0.1, 0.15) is 31.7 Å². The number of β-amino-alcohol motifs (C(OH)–C–C–N with tert-alkyl or cyclic N) is 1. The number of phenols is 1. The van der Waals surface area contributed by atoms with Gasteiger partial charge in [-0.2, -0.15) is 9.97 Å². The van der Waals surface area contributed by atoms with Gasteiger partial charge >= 0.3 is 6.01 Å². The summed E-state index contributed by atoms with van der Waals surface area (Å²) in [5.41, 5.74) is 0.746. The molecule has 8 nitrogen and oxygen atoms in total. The van der Waals surface area contributed by atoms with Gasteiger partial charge in [-0.15, -0.1) is 0 Å². The molecule has 7 rings (SSSR count). The number of aliphatic hydroxyl groups excluding tert-OH is 1. The largest absolute Gasteiger partial charge is 0.508 e. The number of rotatable bonds is 6. The molecule has 0 unspecified atom stereocenters. The fraction of sp³-hybridized carbons (Fsp3) is 0.433. The van der Waals surface area contributed by atoms with Gasteiger partial charge < -0.3 is 19.8 Å². The summed E-state index contributed by atoms with van der Waals surface area (Å²) in [6, 6.07) is 9.02. The molecule has 41 heavy (non-hydrogen) atoms. The summed E-state index contributed by atoms with van der Waals surface area (Å²) < 4.78 is 37.1. The van der Waals surface area contributed by atoms with Crippen LogP contribution in [0.2, 0.25) is 0 Å². The molecule has 0 aliphatic carbocycles. The number of alkyl halides is 1. The maximum Gasteiger partial charge on any atom is 0.319 e. The second-order valence-electron chi connectivity index (χ2n) is 11.3. The number of hydrogen-bond donors (Lipinski definition) is 2. The van der Waals surface area contributed by atoms with E-state index in [1.165, 1.54) is 6.07 Å². The fourth-order valence-corrected chi connectivity index (χ4v) is 7.91. The number of halogens is 2. The minimum atomic E-state index is -0.893. The number of aromatic nitrogens is 3. The number of aliphatic hydroxyl groups is 1. The van der Waals surface area contributed by atoms with E-state index in [0.717, 1.165) is 42.1 Å². The summed E-state index contributed by atoms with van der Waals surface area (Å²) in [5.74, 6) is -0.163. The Kier molecular flexibility index (Phi) is 6.55. The number of nitrogens with zero attached hydrogens (tertiary/aromatic N) is 5. The van der Waals surface area contributed by atoms with Gasteiger partial charge in [0, 0.05) is 37.4 Å². The molecule has 212 valence electrons. The molecular formula is C30H31F2N5O3Si. The van der Waals surface area contributed by atoms with Crippen molar-refractivity contribution in [3.63, 3.8) is 0 Å². The van der Waals surface area contributed by atoms with Crippen LogP contribution in [-0.4, -0.2) is 89.4 Å². The first-order valence-electron chi connectivity index (χ1n) is 14.1. The summed E-state index contributed by atoms with van der Waals surface area (Å²) in [6.45, 7) is 3.86. The van der Waals surface area contributed by atoms with Crippen molar-refractivity contribution in [1.82, 2.24) is 19.9 Å². The smallest absolute Gasteiger partial charge is 0.319 e. The summed E-state index contributed by atoms with van der Waals surface area (Å²) in [4.78, 5) is 17.8. The first-order valence-corrected chi connectivity index (χ1v) is 15.4. The van der Waals surface area contributed by atoms with Crippen LogP contribution in [0.3, 0.4) is 0 Å². The van der Waals surface area contributed by atoms with Crippen LogP contribution in [-0.2, 0) is 6.42 Å². The van der Waals surface area contributed by atoms with Crippen molar-refractivity contribution in [3.8, 4) is 23.0 Å². The molecule has 2 aromatic heterocycles. The number of benzene rings is 2.